The minimum Gasteiger partial charge on any atom is -0.310 e. The maximum Gasteiger partial charge on any atom is 0.0625 e. The summed E-state index contributed by atoms with van der Waals surface area (Å²) in [5, 5.41) is 8.01. The predicted octanol–water partition coefficient (Wildman–Crippen LogP) is 2.97. The van der Waals surface area contributed by atoms with Crippen LogP contribution in [0.15, 0.2) is 12.1 Å². The molecule has 0 aromatic carbocycles. The quantitative estimate of drug-likeness (QED) is 0.841. The van der Waals surface area contributed by atoms with Gasteiger partial charge in [0.25, 0.3) is 0 Å². The van der Waals surface area contributed by atoms with E-state index in [9.17, 15) is 0 Å². The molecule has 98 valence electrons. The van der Waals surface area contributed by atoms with Gasteiger partial charge < -0.3 is 5.32 Å². The van der Waals surface area contributed by atoms with Gasteiger partial charge in [0.05, 0.1) is 12.2 Å². The molecule has 0 aliphatic carbocycles. The highest BCUT2D eigenvalue weighted by Gasteiger charge is 2.06. The highest BCUT2D eigenvalue weighted by molar-refractivity contribution is 7.11. The number of aryl methyl sites for hydroxylation is 2. The first-order chi connectivity index (χ1) is 8.58. The van der Waals surface area contributed by atoms with Gasteiger partial charge in [-0.3, -0.25) is 4.68 Å². The van der Waals surface area contributed by atoms with E-state index in [1.54, 1.807) is 0 Å². The minimum absolute atomic E-state index is 0.935. The Hall–Kier alpha value is -1.13. The third-order valence-electron chi connectivity index (χ3n) is 3.34. The number of hydrogen-bond donors (Lipinski definition) is 1. The molecule has 4 heteroatoms. The number of hydrogen-bond acceptors (Lipinski definition) is 3. The van der Waals surface area contributed by atoms with Gasteiger partial charge in [0.15, 0.2) is 0 Å². The average molecular weight is 263 g/mol. The Morgan fingerprint density at radius 1 is 1.22 bits per heavy atom. The van der Waals surface area contributed by atoms with Gasteiger partial charge in [0.1, 0.15) is 0 Å². The van der Waals surface area contributed by atoms with Gasteiger partial charge in [0, 0.05) is 28.5 Å². The van der Waals surface area contributed by atoms with E-state index in [4.69, 9.17) is 0 Å². The number of nitrogens with zero attached hydrogens (tertiary/aromatic N) is 2. The summed E-state index contributed by atoms with van der Waals surface area (Å²) < 4.78 is 2.09. The maximum atomic E-state index is 4.54. The van der Waals surface area contributed by atoms with Gasteiger partial charge in [-0.15, -0.1) is 11.3 Å². The molecule has 3 nitrogen and oxygen atoms in total. The normalized spacial score (nSPS) is 11.1. The number of thiophene rings is 1. The fourth-order valence-electron chi connectivity index (χ4n) is 1.98. The van der Waals surface area contributed by atoms with Crippen LogP contribution >= 0.6 is 11.3 Å². The van der Waals surface area contributed by atoms with Gasteiger partial charge in [-0.2, -0.15) is 5.10 Å². The summed E-state index contributed by atoms with van der Waals surface area (Å²) in [6.07, 6.45) is 0. The first-order valence-electron chi connectivity index (χ1n) is 6.34. The monoisotopic (exact) mass is 263 g/mol. The van der Waals surface area contributed by atoms with E-state index in [2.05, 4.69) is 54.9 Å². The second-order valence-corrected chi connectivity index (χ2v) is 6.08. The Labute approximate surface area is 113 Å². The molecule has 0 saturated heterocycles. The van der Waals surface area contributed by atoms with Gasteiger partial charge in [-0.1, -0.05) is 0 Å². The van der Waals surface area contributed by atoms with Crippen LogP contribution in [0.25, 0.3) is 0 Å². The zero-order valence-corrected chi connectivity index (χ0v) is 12.4. The first-order valence-corrected chi connectivity index (χ1v) is 7.16. The van der Waals surface area contributed by atoms with Gasteiger partial charge in [-0.25, -0.2) is 0 Å². The third kappa shape index (κ3) is 3.00. The van der Waals surface area contributed by atoms with Crippen LogP contribution in [0.5, 0.6) is 0 Å². The Balaban J connectivity index is 1.80. The van der Waals surface area contributed by atoms with Crippen molar-refractivity contribution in [3.05, 3.63) is 38.8 Å². The summed E-state index contributed by atoms with van der Waals surface area (Å²) in [5.74, 6) is 0. The van der Waals surface area contributed by atoms with Crippen molar-refractivity contribution in [2.75, 3.05) is 6.54 Å². The lowest BCUT2D eigenvalue weighted by Crippen LogP contribution is -2.20. The van der Waals surface area contributed by atoms with Crippen molar-refractivity contribution in [3.8, 4) is 0 Å². The molecule has 1 N–H and O–H groups in total. The summed E-state index contributed by atoms with van der Waals surface area (Å²) in [6, 6.07) is 4.37. The standard InChI is InChI=1S/C14H21N3S/c1-10-5-6-14(18-10)9-15-7-8-17-13(4)11(2)12(3)16-17/h5-6,15H,7-9H2,1-4H3. The van der Waals surface area contributed by atoms with E-state index < -0.39 is 0 Å². The van der Waals surface area contributed by atoms with Crippen LogP contribution in [0.1, 0.15) is 26.7 Å². The molecule has 2 heterocycles. The molecule has 0 fully saturated rings. The van der Waals surface area contributed by atoms with Gasteiger partial charge >= 0.3 is 0 Å². The second kappa shape index (κ2) is 5.67. The molecule has 2 aromatic heterocycles. The van der Waals surface area contributed by atoms with Crippen LogP contribution in [-0.2, 0) is 13.1 Å². The zero-order chi connectivity index (χ0) is 13.1. The van der Waals surface area contributed by atoms with E-state index in [0.29, 0.717) is 0 Å². The summed E-state index contributed by atoms with van der Waals surface area (Å²) in [5.41, 5.74) is 3.73. The van der Waals surface area contributed by atoms with Crippen molar-refractivity contribution in [3.63, 3.8) is 0 Å². The smallest absolute Gasteiger partial charge is 0.0625 e. The van der Waals surface area contributed by atoms with Crippen molar-refractivity contribution in [2.24, 2.45) is 0 Å². The Morgan fingerprint density at radius 2 is 2.00 bits per heavy atom. The Morgan fingerprint density at radius 3 is 2.56 bits per heavy atom. The van der Waals surface area contributed by atoms with E-state index >= 15 is 0 Å². The fraction of sp³-hybridized carbons (Fsp3) is 0.500. The molecule has 0 radical (unpaired) electrons. The molecule has 0 bridgehead atoms. The van der Waals surface area contributed by atoms with Crippen molar-refractivity contribution in [1.29, 1.82) is 0 Å². The number of rotatable bonds is 5. The average Bonchev–Trinajstić information content (AvgIpc) is 2.85. The molecule has 0 spiro atoms. The highest BCUT2D eigenvalue weighted by Crippen LogP contribution is 2.14. The Bertz CT molecular complexity index is 525. The van der Waals surface area contributed by atoms with Crippen molar-refractivity contribution in [1.82, 2.24) is 15.1 Å². The highest BCUT2D eigenvalue weighted by atomic mass is 32.1. The molecular weight excluding hydrogens is 242 g/mol. The lowest BCUT2D eigenvalue weighted by Gasteiger charge is -2.06. The van der Waals surface area contributed by atoms with Gasteiger partial charge in [0.2, 0.25) is 0 Å². The molecule has 0 unspecified atom stereocenters. The molecular formula is C14H21N3S. The van der Waals surface area contributed by atoms with Crippen LogP contribution in [0.3, 0.4) is 0 Å². The van der Waals surface area contributed by atoms with E-state index in [0.717, 1.165) is 25.3 Å². The molecule has 0 amide bonds. The summed E-state index contributed by atoms with van der Waals surface area (Å²) in [4.78, 5) is 2.78. The maximum absolute atomic E-state index is 4.54. The van der Waals surface area contributed by atoms with Crippen molar-refractivity contribution < 1.29 is 0 Å². The summed E-state index contributed by atoms with van der Waals surface area (Å²) in [7, 11) is 0. The van der Waals surface area contributed by atoms with Gasteiger partial charge in [-0.05, 0) is 45.4 Å². The number of aromatic nitrogens is 2. The van der Waals surface area contributed by atoms with Crippen molar-refractivity contribution >= 4 is 11.3 Å². The SMILES string of the molecule is Cc1ccc(CNCCn2nc(C)c(C)c2C)s1. The van der Waals surface area contributed by atoms with Crippen LogP contribution in [0, 0.1) is 27.7 Å². The lowest BCUT2D eigenvalue weighted by molar-refractivity contribution is 0.544. The predicted molar refractivity (Wildman–Crippen MR) is 77.2 cm³/mol. The topological polar surface area (TPSA) is 29.9 Å². The molecule has 0 aliphatic rings. The van der Waals surface area contributed by atoms with E-state index in [1.807, 2.05) is 11.3 Å². The van der Waals surface area contributed by atoms with Crippen molar-refractivity contribution in [2.45, 2.75) is 40.8 Å². The van der Waals surface area contributed by atoms with Crippen LogP contribution in [-0.4, -0.2) is 16.3 Å². The lowest BCUT2D eigenvalue weighted by atomic mass is 10.2. The fourth-order valence-corrected chi connectivity index (χ4v) is 2.84. The molecule has 2 rings (SSSR count). The van der Waals surface area contributed by atoms with Crippen LogP contribution in [0.4, 0.5) is 0 Å². The zero-order valence-electron chi connectivity index (χ0n) is 11.6. The minimum atomic E-state index is 0.935. The Kier molecular flexibility index (Phi) is 4.19. The number of nitrogens with one attached hydrogen (secondary N) is 1. The molecule has 0 atom stereocenters. The van der Waals surface area contributed by atoms with Crippen LogP contribution in [0.2, 0.25) is 0 Å². The summed E-state index contributed by atoms with van der Waals surface area (Å²) in [6.45, 7) is 11.3. The second-order valence-electron chi connectivity index (χ2n) is 4.71. The molecule has 2 aromatic rings. The van der Waals surface area contributed by atoms with E-state index in [1.165, 1.54) is 21.0 Å². The first kappa shape index (κ1) is 13.3. The summed E-state index contributed by atoms with van der Waals surface area (Å²) >= 11 is 1.86. The molecule has 0 saturated carbocycles. The molecule has 18 heavy (non-hydrogen) atoms. The third-order valence-corrected chi connectivity index (χ3v) is 4.34. The van der Waals surface area contributed by atoms with Crippen LogP contribution < -0.4 is 5.32 Å². The van der Waals surface area contributed by atoms with E-state index in [-0.39, 0.29) is 0 Å². The largest absolute Gasteiger partial charge is 0.310 e. The molecule has 0 aliphatic heterocycles.